The second-order valence-electron chi connectivity index (χ2n) is 2.79. The van der Waals surface area contributed by atoms with Crippen LogP contribution >= 0.6 is 0 Å². The van der Waals surface area contributed by atoms with Gasteiger partial charge in [-0.15, -0.1) is 0 Å². The molecule has 3 N–H and O–H groups in total. The number of benzene rings is 1. The van der Waals surface area contributed by atoms with Crippen molar-refractivity contribution in [3.05, 3.63) is 29.8 Å². The van der Waals surface area contributed by atoms with Crippen molar-refractivity contribution in [1.29, 1.82) is 0 Å². The molecule has 0 radical (unpaired) electrons. The Balaban J connectivity index is 2.88. The second-order valence-corrected chi connectivity index (χ2v) is 2.79. The summed E-state index contributed by atoms with van der Waals surface area (Å²) in [6.45, 7) is -0.463. The molecule has 0 aliphatic carbocycles. The monoisotopic (exact) mass is 219 g/mol. The third-order valence-corrected chi connectivity index (χ3v) is 1.56. The molecule has 0 aliphatic rings. The molecule has 0 saturated heterocycles. The van der Waals surface area contributed by atoms with Gasteiger partial charge in [0.25, 0.3) is 5.91 Å². The van der Waals surface area contributed by atoms with Crippen LogP contribution in [-0.4, -0.2) is 23.6 Å². The Kier molecular flexibility index (Phi) is 3.92. The third-order valence-electron chi connectivity index (χ3n) is 1.56. The lowest BCUT2D eigenvalue weighted by atomic mass is 10.2. The van der Waals surface area contributed by atoms with Crippen molar-refractivity contribution in [2.24, 2.45) is 5.73 Å². The molecule has 0 atom stereocenters. The van der Waals surface area contributed by atoms with E-state index in [1.807, 2.05) is 0 Å². The summed E-state index contributed by atoms with van der Waals surface area (Å²) in [5.41, 5.74) is 5.28. The number of hydrogen-bond donors (Lipinski definition) is 2. The Hall–Kier alpha value is -2.48. The summed E-state index contributed by atoms with van der Waals surface area (Å²) in [5.74, 6) is 3.11. The van der Waals surface area contributed by atoms with E-state index in [9.17, 15) is 9.59 Å². The normalized spacial score (nSPS) is 8.75. The van der Waals surface area contributed by atoms with Gasteiger partial charge in [0.2, 0.25) is 0 Å². The van der Waals surface area contributed by atoms with E-state index in [1.54, 1.807) is 24.3 Å². The predicted molar refractivity (Wildman–Crippen MR) is 55.6 cm³/mol. The Labute approximate surface area is 91.8 Å². The first-order valence-corrected chi connectivity index (χ1v) is 4.34. The molecule has 0 spiro atoms. The maximum atomic E-state index is 10.5. The van der Waals surface area contributed by atoms with Gasteiger partial charge in [0, 0.05) is 5.92 Å². The first-order chi connectivity index (χ1) is 7.59. The number of nitrogens with two attached hydrogens (primary N) is 1. The number of carboxylic acids is 1. The number of hydrogen-bond acceptors (Lipinski definition) is 3. The van der Waals surface area contributed by atoms with Crippen molar-refractivity contribution in [3.63, 3.8) is 0 Å². The maximum Gasteiger partial charge on any atom is 0.341 e. The standard InChI is InChI=1S/C11H9NO4/c12-10(13)6-5-8-3-1-2-4-9(8)16-7-11(14)15/h1-4H,7H2,(H2,12,13)(H,14,15). The average Bonchev–Trinajstić information content (AvgIpc) is 2.24. The summed E-state index contributed by atoms with van der Waals surface area (Å²) in [6, 6.07) is 6.53. The Bertz CT molecular complexity index is 470. The van der Waals surface area contributed by atoms with E-state index >= 15 is 0 Å². The van der Waals surface area contributed by atoms with E-state index in [2.05, 4.69) is 11.8 Å². The smallest absolute Gasteiger partial charge is 0.341 e. The van der Waals surface area contributed by atoms with Crippen LogP contribution in [0.25, 0.3) is 0 Å². The van der Waals surface area contributed by atoms with Gasteiger partial charge in [-0.1, -0.05) is 18.1 Å². The molecule has 0 aromatic heterocycles. The van der Waals surface area contributed by atoms with Gasteiger partial charge in [-0.25, -0.2) is 4.79 Å². The zero-order valence-corrected chi connectivity index (χ0v) is 8.27. The SMILES string of the molecule is NC(=O)C#Cc1ccccc1OCC(=O)O. The van der Waals surface area contributed by atoms with Gasteiger partial charge in [0.05, 0.1) is 5.56 Å². The van der Waals surface area contributed by atoms with Crippen LogP contribution in [0.1, 0.15) is 5.56 Å². The summed E-state index contributed by atoms with van der Waals surface area (Å²) < 4.78 is 4.98. The van der Waals surface area contributed by atoms with E-state index in [0.717, 1.165) is 0 Å². The fraction of sp³-hybridized carbons (Fsp3) is 0.0909. The van der Waals surface area contributed by atoms with Crippen LogP contribution in [0.15, 0.2) is 24.3 Å². The number of carbonyl (C=O) groups is 2. The first kappa shape index (κ1) is 11.6. The fourth-order valence-electron chi connectivity index (χ4n) is 0.964. The zero-order chi connectivity index (χ0) is 12.0. The highest BCUT2D eigenvalue weighted by Gasteiger charge is 2.02. The van der Waals surface area contributed by atoms with Crippen molar-refractivity contribution in [1.82, 2.24) is 0 Å². The highest BCUT2D eigenvalue weighted by atomic mass is 16.5. The van der Waals surface area contributed by atoms with Gasteiger partial charge in [-0.2, -0.15) is 0 Å². The Morgan fingerprint density at radius 3 is 2.69 bits per heavy atom. The molecule has 1 aromatic carbocycles. The van der Waals surface area contributed by atoms with Gasteiger partial charge in [0.1, 0.15) is 5.75 Å². The molecule has 1 amide bonds. The molecule has 0 aliphatic heterocycles. The molecular formula is C11H9NO4. The summed E-state index contributed by atoms with van der Waals surface area (Å²) in [6.07, 6.45) is 0. The van der Waals surface area contributed by atoms with Gasteiger partial charge in [0.15, 0.2) is 6.61 Å². The second kappa shape index (κ2) is 5.41. The quantitative estimate of drug-likeness (QED) is 0.699. The minimum atomic E-state index is -1.09. The van der Waals surface area contributed by atoms with Crippen LogP contribution in [-0.2, 0) is 9.59 Å². The van der Waals surface area contributed by atoms with E-state index in [4.69, 9.17) is 15.6 Å². The Morgan fingerprint density at radius 1 is 1.38 bits per heavy atom. The van der Waals surface area contributed by atoms with Crippen molar-refractivity contribution in [3.8, 4) is 17.6 Å². The van der Waals surface area contributed by atoms with Crippen molar-refractivity contribution < 1.29 is 19.4 Å². The molecule has 16 heavy (non-hydrogen) atoms. The van der Waals surface area contributed by atoms with Crippen LogP contribution in [0, 0.1) is 11.8 Å². The first-order valence-electron chi connectivity index (χ1n) is 4.34. The summed E-state index contributed by atoms with van der Waals surface area (Å²) >= 11 is 0. The maximum absolute atomic E-state index is 10.5. The van der Waals surface area contributed by atoms with Crippen LogP contribution in [0.3, 0.4) is 0 Å². The van der Waals surface area contributed by atoms with Crippen molar-refractivity contribution in [2.45, 2.75) is 0 Å². The molecule has 0 saturated carbocycles. The molecule has 0 fully saturated rings. The zero-order valence-electron chi connectivity index (χ0n) is 8.27. The van der Waals surface area contributed by atoms with Crippen LogP contribution in [0.4, 0.5) is 0 Å². The number of aliphatic carboxylic acids is 1. The predicted octanol–water partition coefficient (Wildman–Crippen LogP) is -0.0132. The van der Waals surface area contributed by atoms with E-state index < -0.39 is 18.5 Å². The molecule has 0 heterocycles. The largest absolute Gasteiger partial charge is 0.481 e. The number of ether oxygens (including phenoxy) is 1. The molecule has 5 heteroatoms. The number of para-hydroxylation sites is 1. The molecule has 1 rings (SSSR count). The van der Waals surface area contributed by atoms with Crippen LogP contribution < -0.4 is 10.5 Å². The van der Waals surface area contributed by atoms with Crippen LogP contribution in [0.5, 0.6) is 5.75 Å². The van der Waals surface area contributed by atoms with Crippen molar-refractivity contribution >= 4 is 11.9 Å². The van der Waals surface area contributed by atoms with Gasteiger partial charge in [-0.3, -0.25) is 4.79 Å². The minimum Gasteiger partial charge on any atom is -0.481 e. The summed E-state index contributed by atoms with van der Waals surface area (Å²) in [4.78, 5) is 20.8. The molecular weight excluding hydrogens is 210 g/mol. The summed E-state index contributed by atoms with van der Waals surface area (Å²) in [7, 11) is 0. The number of amides is 1. The van der Waals surface area contributed by atoms with Gasteiger partial charge < -0.3 is 15.6 Å². The topological polar surface area (TPSA) is 89.6 Å². The van der Waals surface area contributed by atoms with E-state index in [-0.39, 0.29) is 0 Å². The van der Waals surface area contributed by atoms with Gasteiger partial charge in [-0.05, 0) is 12.1 Å². The van der Waals surface area contributed by atoms with Crippen molar-refractivity contribution in [2.75, 3.05) is 6.61 Å². The average molecular weight is 219 g/mol. The van der Waals surface area contributed by atoms with Gasteiger partial charge >= 0.3 is 5.97 Å². The number of primary amides is 1. The summed E-state index contributed by atoms with van der Waals surface area (Å²) in [5, 5.41) is 8.45. The fourth-order valence-corrected chi connectivity index (χ4v) is 0.964. The highest BCUT2D eigenvalue weighted by Crippen LogP contribution is 2.16. The molecule has 0 bridgehead atoms. The lowest BCUT2D eigenvalue weighted by Crippen LogP contribution is -2.10. The minimum absolute atomic E-state index is 0.304. The third kappa shape index (κ3) is 3.72. The lowest BCUT2D eigenvalue weighted by Gasteiger charge is -2.04. The number of carboxylic acid groups (broad SMARTS) is 1. The number of carbonyl (C=O) groups excluding carboxylic acids is 1. The molecule has 5 nitrogen and oxygen atoms in total. The molecule has 1 aromatic rings. The molecule has 82 valence electrons. The number of rotatable bonds is 3. The van der Waals surface area contributed by atoms with Crippen LogP contribution in [0.2, 0.25) is 0 Å². The van der Waals surface area contributed by atoms with E-state index in [1.165, 1.54) is 0 Å². The Morgan fingerprint density at radius 2 is 2.06 bits per heavy atom. The van der Waals surface area contributed by atoms with E-state index in [0.29, 0.717) is 11.3 Å². The highest BCUT2D eigenvalue weighted by molar-refractivity contribution is 5.92. The molecule has 0 unspecified atom stereocenters. The lowest BCUT2D eigenvalue weighted by molar-refractivity contribution is -0.139.